The Hall–Kier alpha value is -1.06. The third-order valence-electron chi connectivity index (χ3n) is 2.69. The van der Waals surface area contributed by atoms with Gasteiger partial charge in [-0.1, -0.05) is 19.8 Å². The van der Waals surface area contributed by atoms with Gasteiger partial charge in [0.25, 0.3) is 0 Å². The van der Waals surface area contributed by atoms with Crippen LogP contribution >= 0.6 is 0 Å². The predicted molar refractivity (Wildman–Crippen MR) is 56.8 cm³/mol. The van der Waals surface area contributed by atoms with Crippen molar-refractivity contribution in [3.05, 3.63) is 0 Å². The van der Waals surface area contributed by atoms with Gasteiger partial charge in [-0.3, -0.25) is 9.59 Å². The van der Waals surface area contributed by atoms with E-state index in [4.69, 9.17) is 10.2 Å². The van der Waals surface area contributed by atoms with Gasteiger partial charge < -0.3 is 10.2 Å². The van der Waals surface area contributed by atoms with Gasteiger partial charge in [0.15, 0.2) is 0 Å². The SMILES string of the molecule is CCCC(C)(CCCCC(=O)O)C(=O)O. The lowest BCUT2D eigenvalue weighted by Gasteiger charge is -2.23. The Balaban J connectivity index is 3.97. The quantitative estimate of drug-likeness (QED) is 0.611. The number of carboxylic acid groups (broad SMARTS) is 2. The molecule has 1 unspecified atom stereocenters. The van der Waals surface area contributed by atoms with Gasteiger partial charge in [0.05, 0.1) is 5.41 Å². The van der Waals surface area contributed by atoms with Crippen LogP contribution in [0.3, 0.4) is 0 Å². The minimum Gasteiger partial charge on any atom is -0.481 e. The number of hydrogen-bond acceptors (Lipinski definition) is 2. The minimum absolute atomic E-state index is 0.127. The molecule has 0 spiro atoms. The molecule has 0 aromatic heterocycles. The molecule has 0 aliphatic rings. The van der Waals surface area contributed by atoms with Crippen LogP contribution in [0.4, 0.5) is 0 Å². The third kappa shape index (κ3) is 5.40. The van der Waals surface area contributed by atoms with Crippen LogP contribution in [0.2, 0.25) is 0 Å². The second kappa shape index (κ2) is 6.43. The summed E-state index contributed by atoms with van der Waals surface area (Å²) in [5, 5.41) is 17.5. The molecule has 0 aromatic rings. The second-order valence-corrected chi connectivity index (χ2v) is 4.22. The molecule has 0 fully saturated rings. The summed E-state index contributed by atoms with van der Waals surface area (Å²) in [4.78, 5) is 21.3. The molecule has 88 valence electrons. The molecule has 0 aromatic carbocycles. The highest BCUT2D eigenvalue weighted by atomic mass is 16.4. The number of carbonyl (C=O) groups is 2. The largest absolute Gasteiger partial charge is 0.481 e. The first-order valence-corrected chi connectivity index (χ1v) is 5.37. The summed E-state index contributed by atoms with van der Waals surface area (Å²) in [6, 6.07) is 0. The van der Waals surface area contributed by atoms with Crippen molar-refractivity contribution in [3.8, 4) is 0 Å². The molecular formula is C11H20O4. The lowest BCUT2D eigenvalue weighted by Crippen LogP contribution is -2.27. The summed E-state index contributed by atoms with van der Waals surface area (Å²) in [6.45, 7) is 3.69. The van der Waals surface area contributed by atoms with Gasteiger partial charge >= 0.3 is 11.9 Å². The maximum Gasteiger partial charge on any atom is 0.309 e. The molecule has 0 bridgehead atoms. The van der Waals surface area contributed by atoms with Crippen molar-refractivity contribution in [2.24, 2.45) is 5.41 Å². The topological polar surface area (TPSA) is 74.6 Å². The van der Waals surface area contributed by atoms with Crippen LogP contribution in [-0.2, 0) is 9.59 Å². The van der Waals surface area contributed by atoms with E-state index in [-0.39, 0.29) is 6.42 Å². The monoisotopic (exact) mass is 216 g/mol. The molecule has 4 nitrogen and oxygen atoms in total. The Morgan fingerprint density at radius 3 is 2.13 bits per heavy atom. The average molecular weight is 216 g/mol. The molecule has 4 heteroatoms. The average Bonchev–Trinajstić information content (AvgIpc) is 2.12. The Bertz CT molecular complexity index is 225. The smallest absolute Gasteiger partial charge is 0.309 e. The fraction of sp³-hybridized carbons (Fsp3) is 0.818. The van der Waals surface area contributed by atoms with E-state index in [1.165, 1.54) is 0 Å². The molecule has 1 atom stereocenters. The minimum atomic E-state index is -0.817. The molecule has 0 aliphatic carbocycles. The van der Waals surface area contributed by atoms with Crippen molar-refractivity contribution in [1.82, 2.24) is 0 Å². The van der Waals surface area contributed by atoms with Crippen molar-refractivity contribution >= 4 is 11.9 Å². The molecule has 0 rings (SSSR count). The predicted octanol–water partition coefficient (Wildman–Crippen LogP) is 2.52. The van der Waals surface area contributed by atoms with Crippen LogP contribution < -0.4 is 0 Å². The molecular weight excluding hydrogens is 196 g/mol. The molecule has 0 aliphatic heterocycles. The Morgan fingerprint density at radius 1 is 1.13 bits per heavy atom. The van der Waals surface area contributed by atoms with Crippen LogP contribution in [0.1, 0.15) is 52.4 Å². The molecule has 0 saturated carbocycles. The summed E-state index contributed by atoms with van der Waals surface area (Å²) in [6.07, 6.45) is 3.39. The van der Waals surface area contributed by atoms with Crippen LogP contribution in [0.15, 0.2) is 0 Å². The number of hydrogen-bond donors (Lipinski definition) is 2. The zero-order chi connectivity index (χ0) is 11.9. The Morgan fingerprint density at radius 2 is 1.73 bits per heavy atom. The van der Waals surface area contributed by atoms with Crippen LogP contribution in [-0.4, -0.2) is 22.2 Å². The summed E-state index contributed by atoms with van der Waals surface area (Å²) in [5.74, 6) is -1.60. The number of rotatable bonds is 8. The first kappa shape index (κ1) is 13.9. The molecule has 0 radical (unpaired) electrons. The van der Waals surface area contributed by atoms with E-state index >= 15 is 0 Å². The lowest BCUT2D eigenvalue weighted by molar-refractivity contribution is -0.148. The van der Waals surface area contributed by atoms with Gasteiger partial charge in [0, 0.05) is 6.42 Å². The normalized spacial score (nSPS) is 14.5. The van der Waals surface area contributed by atoms with Crippen molar-refractivity contribution in [2.45, 2.75) is 52.4 Å². The van der Waals surface area contributed by atoms with Gasteiger partial charge in [-0.25, -0.2) is 0 Å². The third-order valence-corrected chi connectivity index (χ3v) is 2.69. The highest BCUT2D eigenvalue weighted by molar-refractivity contribution is 5.74. The molecule has 0 heterocycles. The number of carboxylic acids is 2. The fourth-order valence-corrected chi connectivity index (χ4v) is 1.68. The van der Waals surface area contributed by atoms with E-state index in [2.05, 4.69) is 0 Å². The maximum absolute atomic E-state index is 11.0. The maximum atomic E-state index is 11.0. The van der Waals surface area contributed by atoms with E-state index in [1.807, 2.05) is 6.92 Å². The number of unbranched alkanes of at least 4 members (excludes halogenated alkanes) is 1. The van der Waals surface area contributed by atoms with E-state index in [1.54, 1.807) is 6.92 Å². The highest BCUT2D eigenvalue weighted by Crippen LogP contribution is 2.30. The van der Waals surface area contributed by atoms with Crippen LogP contribution in [0.25, 0.3) is 0 Å². The number of aliphatic carboxylic acids is 2. The van der Waals surface area contributed by atoms with Crippen LogP contribution in [0.5, 0.6) is 0 Å². The van der Waals surface area contributed by atoms with Gasteiger partial charge in [0.2, 0.25) is 0 Å². The van der Waals surface area contributed by atoms with E-state index < -0.39 is 17.4 Å². The fourth-order valence-electron chi connectivity index (χ4n) is 1.68. The van der Waals surface area contributed by atoms with Crippen molar-refractivity contribution in [1.29, 1.82) is 0 Å². The molecule has 15 heavy (non-hydrogen) atoms. The van der Waals surface area contributed by atoms with E-state index in [9.17, 15) is 9.59 Å². The van der Waals surface area contributed by atoms with Crippen molar-refractivity contribution in [3.63, 3.8) is 0 Å². The molecule has 2 N–H and O–H groups in total. The van der Waals surface area contributed by atoms with E-state index in [0.29, 0.717) is 25.7 Å². The summed E-state index contributed by atoms with van der Waals surface area (Å²) in [7, 11) is 0. The standard InChI is InChI=1S/C11H20O4/c1-3-7-11(2,10(14)15)8-5-4-6-9(12)13/h3-8H2,1-2H3,(H,12,13)(H,14,15). The van der Waals surface area contributed by atoms with Gasteiger partial charge in [-0.2, -0.15) is 0 Å². The van der Waals surface area contributed by atoms with Crippen LogP contribution in [0, 0.1) is 5.41 Å². The molecule has 0 saturated heterocycles. The molecule has 0 amide bonds. The first-order valence-electron chi connectivity index (χ1n) is 5.37. The van der Waals surface area contributed by atoms with Gasteiger partial charge in [-0.15, -0.1) is 0 Å². The summed E-state index contributed by atoms with van der Waals surface area (Å²) in [5.41, 5.74) is -0.687. The lowest BCUT2D eigenvalue weighted by atomic mass is 9.81. The van der Waals surface area contributed by atoms with Crippen molar-refractivity contribution in [2.75, 3.05) is 0 Å². The van der Waals surface area contributed by atoms with Gasteiger partial charge in [-0.05, 0) is 26.2 Å². The highest BCUT2D eigenvalue weighted by Gasteiger charge is 2.31. The summed E-state index contributed by atoms with van der Waals surface area (Å²) < 4.78 is 0. The zero-order valence-electron chi connectivity index (χ0n) is 9.45. The van der Waals surface area contributed by atoms with Gasteiger partial charge in [0.1, 0.15) is 0 Å². The first-order chi connectivity index (χ1) is 6.92. The Labute approximate surface area is 90.3 Å². The zero-order valence-corrected chi connectivity index (χ0v) is 9.45. The Kier molecular flexibility index (Phi) is 5.97. The second-order valence-electron chi connectivity index (χ2n) is 4.22. The summed E-state index contributed by atoms with van der Waals surface area (Å²) >= 11 is 0. The van der Waals surface area contributed by atoms with Crippen molar-refractivity contribution < 1.29 is 19.8 Å². The van der Waals surface area contributed by atoms with E-state index in [0.717, 1.165) is 6.42 Å².